The number of hydrogen-bond acceptors (Lipinski definition) is 3. The molecule has 0 aliphatic heterocycles. The van der Waals surface area contributed by atoms with Gasteiger partial charge in [-0.3, -0.25) is 10.9 Å². The van der Waals surface area contributed by atoms with E-state index < -0.39 is 6.03 Å². The minimum Gasteiger partial charge on any atom is -0.275 e. The lowest BCUT2D eigenvalue weighted by molar-refractivity contribution is 0.0198. The summed E-state index contributed by atoms with van der Waals surface area (Å²) in [6.45, 7) is 0. The minimum atomic E-state index is -0.602. The summed E-state index contributed by atoms with van der Waals surface area (Å²) in [4.78, 5) is 9.71. The fourth-order valence-corrected chi connectivity index (χ4v) is 4.02. The zero-order valence-corrected chi connectivity index (χ0v) is 12.1. The number of halogens is 2. The largest absolute Gasteiger partial charge is 0.343 e. The predicted molar refractivity (Wildman–Crippen MR) is 76.2 cm³/mol. The molecule has 2 amide bonds. The van der Waals surface area contributed by atoms with E-state index in [1.165, 1.54) is 23.7 Å². The molecule has 0 spiro atoms. The highest BCUT2D eigenvalue weighted by Crippen LogP contribution is 2.53. The molecule has 4 saturated carbocycles. The van der Waals surface area contributed by atoms with Crippen molar-refractivity contribution < 1.29 is 4.79 Å². The highest BCUT2D eigenvalue weighted by Gasteiger charge is 2.41. The van der Waals surface area contributed by atoms with E-state index in [1.54, 1.807) is 49.4 Å². The molecular formula is C11H24Cl2N4O. The zero-order chi connectivity index (χ0) is 11.5. The molecule has 5 nitrogen and oxygen atoms in total. The van der Waals surface area contributed by atoms with Crippen LogP contribution in [0.3, 0.4) is 0 Å². The van der Waals surface area contributed by atoms with Gasteiger partial charge in [0.2, 0.25) is 0 Å². The molecular weight excluding hydrogens is 275 g/mol. The topological polar surface area (TPSA) is 93.2 Å². The van der Waals surface area contributed by atoms with Gasteiger partial charge in [-0.15, -0.1) is 24.8 Å². The molecule has 0 unspecified atom stereocenters. The first kappa shape index (κ1) is 17.8. The minimum absolute atomic E-state index is 0. The molecule has 4 aliphatic carbocycles. The van der Waals surface area contributed by atoms with Crippen LogP contribution in [0.5, 0.6) is 0 Å². The summed E-state index contributed by atoms with van der Waals surface area (Å²) >= 11 is 0. The van der Waals surface area contributed by atoms with Crippen LogP contribution in [-0.2, 0) is 0 Å². The van der Waals surface area contributed by atoms with Gasteiger partial charge >= 0.3 is 6.03 Å². The second kappa shape index (κ2) is 8.04. The molecule has 4 bridgehead atoms. The number of nitrogens with one attached hydrogen (secondary N) is 2. The Morgan fingerprint density at radius 1 is 0.722 bits per heavy atom. The summed E-state index contributed by atoms with van der Waals surface area (Å²) in [6.07, 6.45) is 9.62. The van der Waals surface area contributed by atoms with Gasteiger partial charge in [0.1, 0.15) is 0 Å². The lowest BCUT2D eigenvalue weighted by Crippen LogP contribution is -2.43. The number of urea groups is 1. The SMILES string of the molecule is C1C2CC3CC1CC(C2)C3.Cl.Cl.NNC(=O)NN. The quantitative estimate of drug-likeness (QED) is 0.312. The predicted octanol–water partition coefficient (Wildman–Crippen LogP) is 1.71. The van der Waals surface area contributed by atoms with Crippen LogP contribution in [0.2, 0.25) is 0 Å². The second-order valence-corrected chi connectivity index (χ2v) is 5.50. The van der Waals surface area contributed by atoms with Crippen molar-refractivity contribution in [2.45, 2.75) is 38.5 Å². The molecule has 0 radical (unpaired) electrons. The number of hydrazine groups is 2. The molecule has 4 rings (SSSR count). The van der Waals surface area contributed by atoms with Crippen molar-refractivity contribution in [1.29, 1.82) is 0 Å². The highest BCUT2D eigenvalue weighted by atomic mass is 35.5. The zero-order valence-electron chi connectivity index (χ0n) is 10.4. The van der Waals surface area contributed by atoms with Gasteiger partial charge in [0, 0.05) is 0 Å². The van der Waals surface area contributed by atoms with E-state index in [0.717, 1.165) is 0 Å². The van der Waals surface area contributed by atoms with Gasteiger partial charge in [-0.25, -0.2) is 16.5 Å². The normalized spacial score (nSPS) is 34.3. The maximum Gasteiger partial charge on any atom is 0.343 e. The average molecular weight is 299 g/mol. The Labute approximate surface area is 121 Å². The van der Waals surface area contributed by atoms with E-state index in [2.05, 4.69) is 11.7 Å². The van der Waals surface area contributed by atoms with Crippen LogP contribution in [0.4, 0.5) is 4.79 Å². The Hall–Kier alpha value is -0.230. The van der Waals surface area contributed by atoms with Gasteiger partial charge in [-0.1, -0.05) is 0 Å². The molecule has 0 aromatic rings. The van der Waals surface area contributed by atoms with Crippen molar-refractivity contribution in [2.75, 3.05) is 0 Å². The monoisotopic (exact) mass is 298 g/mol. The van der Waals surface area contributed by atoms with E-state index in [9.17, 15) is 4.79 Å². The molecule has 0 aromatic carbocycles. The van der Waals surface area contributed by atoms with Crippen LogP contribution in [0.1, 0.15) is 38.5 Å². The summed E-state index contributed by atoms with van der Waals surface area (Å²) in [7, 11) is 0. The Morgan fingerprint density at radius 3 is 1.06 bits per heavy atom. The Kier molecular flexibility index (Phi) is 7.94. The molecule has 108 valence electrons. The Morgan fingerprint density at radius 2 is 0.944 bits per heavy atom. The first-order chi connectivity index (χ1) is 7.71. The van der Waals surface area contributed by atoms with Crippen LogP contribution in [0.15, 0.2) is 0 Å². The van der Waals surface area contributed by atoms with Gasteiger partial charge in [0.15, 0.2) is 0 Å². The van der Waals surface area contributed by atoms with E-state index >= 15 is 0 Å². The highest BCUT2D eigenvalue weighted by molar-refractivity contribution is 5.85. The fraction of sp³-hybridized carbons (Fsp3) is 0.909. The molecule has 4 fully saturated rings. The van der Waals surface area contributed by atoms with Crippen LogP contribution in [-0.4, -0.2) is 6.03 Å². The van der Waals surface area contributed by atoms with Crippen molar-refractivity contribution in [3.63, 3.8) is 0 Å². The summed E-state index contributed by atoms with van der Waals surface area (Å²) in [5, 5.41) is 0. The lowest BCUT2D eigenvalue weighted by Gasteiger charge is -2.49. The average Bonchev–Trinajstić information content (AvgIpc) is 2.27. The van der Waals surface area contributed by atoms with E-state index in [0.29, 0.717) is 0 Å². The number of carbonyl (C=O) groups is 1. The summed E-state index contributed by atoms with van der Waals surface area (Å²) in [5.74, 6) is 13.8. The Bertz CT molecular complexity index is 203. The van der Waals surface area contributed by atoms with Crippen LogP contribution in [0.25, 0.3) is 0 Å². The van der Waals surface area contributed by atoms with Gasteiger partial charge < -0.3 is 0 Å². The molecule has 7 heteroatoms. The Balaban J connectivity index is 0.000000326. The van der Waals surface area contributed by atoms with Gasteiger partial charge in [-0.05, 0) is 62.2 Å². The van der Waals surface area contributed by atoms with E-state index in [1.807, 2.05) is 0 Å². The van der Waals surface area contributed by atoms with Crippen LogP contribution in [0, 0.1) is 23.7 Å². The van der Waals surface area contributed by atoms with Crippen molar-refractivity contribution in [2.24, 2.45) is 35.4 Å². The first-order valence-corrected chi connectivity index (χ1v) is 6.18. The smallest absolute Gasteiger partial charge is 0.275 e. The van der Waals surface area contributed by atoms with E-state index in [4.69, 9.17) is 0 Å². The van der Waals surface area contributed by atoms with Crippen LogP contribution >= 0.6 is 24.8 Å². The number of amides is 2. The van der Waals surface area contributed by atoms with Gasteiger partial charge in [0.05, 0.1) is 0 Å². The molecule has 18 heavy (non-hydrogen) atoms. The molecule has 0 saturated heterocycles. The van der Waals surface area contributed by atoms with Crippen molar-refractivity contribution >= 4 is 30.8 Å². The molecule has 0 heterocycles. The van der Waals surface area contributed by atoms with E-state index in [-0.39, 0.29) is 24.8 Å². The third kappa shape index (κ3) is 4.46. The van der Waals surface area contributed by atoms with Crippen molar-refractivity contribution in [1.82, 2.24) is 10.9 Å². The summed E-state index contributed by atoms with van der Waals surface area (Å²) in [6, 6.07) is -0.602. The van der Waals surface area contributed by atoms with Gasteiger partial charge in [0.25, 0.3) is 0 Å². The first-order valence-electron chi connectivity index (χ1n) is 6.18. The maximum absolute atomic E-state index is 9.71. The third-order valence-corrected chi connectivity index (χ3v) is 4.26. The van der Waals surface area contributed by atoms with Gasteiger partial charge in [-0.2, -0.15) is 0 Å². The number of hydrogen-bond donors (Lipinski definition) is 4. The standard InChI is InChI=1S/C10H16.CH6N4O.2ClH/c1-7-2-9-4-8(1)5-10(3-7)6-9;2-4-1(6)5-3;;/h7-10H,1-6H2;2-3H2,(H2,4,5,6);2*1H. The number of carbonyl (C=O) groups excluding carboxylic acids is 1. The maximum atomic E-state index is 9.71. The number of nitrogens with two attached hydrogens (primary N) is 2. The molecule has 0 atom stereocenters. The molecule has 6 N–H and O–H groups in total. The third-order valence-electron chi connectivity index (χ3n) is 4.26. The van der Waals surface area contributed by atoms with Crippen molar-refractivity contribution in [3.8, 4) is 0 Å². The lowest BCUT2D eigenvalue weighted by atomic mass is 9.56. The number of rotatable bonds is 0. The van der Waals surface area contributed by atoms with Crippen molar-refractivity contribution in [3.05, 3.63) is 0 Å². The molecule has 4 aliphatic rings. The summed E-state index contributed by atoms with van der Waals surface area (Å²) < 4.78 is 0. The van der Waals surface area contributed by atoms with Crippen LogP contribution < -0.4 is 22.5 Å². The second-order valence-electron chi connectivity index (χ2n) is 5.50. The fourth-order valence-electron chi connectivity index (χ4n) is 4.02. The summed E-state index contributed by atoms with van der Waals surface area (Å²) in [5.41, 5.74) is 3.48. The molecule has 0 aromatic heterocycles.